The van der Waals surface area contributed by atoms with E-state index in [9.17, 15) is 5.11 Å². The first-order chi connectivity index (χ1) is 10.7. The quantitative estimate of drug-likeness (QED) is 0.421. The average molecular weight is 435 g/mol. The number of piperidine rings is 1. The van der Waals surface area contributed by atoms with Gasteiger partial charge in [-0.3, -0.25) is 4.99 Å². The van der Waals surface area contributed by atoms with Gasteiger partial charge in [-0.05, 0) is 37.5 Å². The zero-order chi connectivity index (χ0) is 15.9. The van der Waals surface area contributed by atoms with E-state index in [1.807, 2.05) is 0 Å². The summed E-state index contributed by atoms with van der Waals surface area (Å²) >= 11 is 0. The Morgan fingerprint density at radius 2 is 1.96 bits per heavy atom. The second-order valence-corrected chi connectivity index (χ2v) is 5.37. The van der Waals surface area contributed by atoms with Crippen molar-refractivity contribution in [3.05, 3.63) is 23.8 Å². The second kappa shape index (κ2) is 9.82. The summed E-state index contributed by atoms with van der Waals surface area (Å²) in [5, 5.41) is 10.4. The zero-order valence-electron chi connectivity index (χ0n) is 13.7. The summed E-state index contributed by atoms with van der Waals surface area (Å²) in [6.45, 7) is 2.08. The summed E-state index contributed by atoms with van der Waals surface area (Å²) in [5.41, 5.74) is 6.66. The lowest BCUT2D eigenvalue weighted by molar-refractivity contribution is 0.181. The molecule has 23 heavy (non-hydrogen) atoms. The van der Waals surface area contributed by atoms with Gasteiger partial charge in [-0.15, -0.1) is 24.0 Å². The summed E-state index contributed by atoms with van der Waals surface area (Å²) in [6, 6.07) is 5.33. The van der Waals surface area contributed by atoms with Crippen LogP contribution in [0.1, 0.15) is 30.9 Å². The van der Waals surface area contributed by atoms with E-state index in [4.69, 9.17) is 15.2 Å². The normalized spacial score (nSPS) is 16.5. The van der Waals surface area contributed by atoms with Crippen LogP contribution in [0.25, 0.3) is 0 Å². The Labute approximate surface area is 154 Å². The molecule has 1 heterocycles. The second-order valence-electron chi connectivity index (χ2n) is 5.37. The molecule has 1 aliphatic rings. The monoisotopic (exact) mass is 435 g/mol. The number of rotatable bonds is 5. The largest absolute Gasteiger partial charge is 0.497 e. The Morgan fingerprint density at radius 1 is 1.26 bits per heavy atom. The van der Waals surface area contributed by atoms with Crippen molar-refractivity contribution in [1.29, 1.82) is 0 Å². The number of nitrogens with zero attached hydrogens (tertiary/aromatic N) is 2. The van der Waals surface area contributed by atoms with Crippen molar-refractivity contribution in [2.45, 2.75) is 25.4 Å². The maximum atomic E-state index is 10.4. The molecule has 0 aromatic heterocycles. The molecule has 6 nitrogen and oxygen atoms in total. The number of hydrogen-bond donors (Lipinski definition) is 2. The molecule has 1 fully saturated rings. The molecule has 2 rings (SSSR count). The first kappa shape index (κ1) is 19.8. The fraction of sp³-hybridized carbons (Fsp3) is 0.562. The van der Waals surface area contributed by atoms with E-state index in [1.165, 1.54) is 6.42 Å². The number of likely N-dealkylation sites (tertiary alicyclic amines) is 1. The molecule has 1 unspecified atom stereocenters. The number of guanidine groups is 1. The lowest BCUT2D eigenvalue weighted by atomic mass is 10.1. The Morgan fingerprint density at radius 3 is 2.57 bits per heavy atom. The first-order valence-corrected chi connectivity index (χ1v) is 7.60. The van der Waals surface area contributed by atoms with Crippen LogP contribution >= 0.6 is 24.0 Å². The fourth-order valence-corrected chi connectivity index (χ4v) is 2.60. The van der Waals surface area contributed by atoms with E-state index in [0.29, 0.717) is 23.0 Å². The van der Waals surface area contributed by atoms with Crippen LogP contribution in [0.5, 0.6) is 11.5 Å². The number of hydrogen-bond acceptors (Lipinski definition) is 4. The first-order valence-electron chi connectivity index (χ1n) is 7.60. The predicted molar refractivity (Wildman–Crippen MR) is 102 cm³/mol. The van der Waals surface area contributed by atoms with E-state index in [-0.39, 0.29) is 30.5 Å². The van der Waals surface area contributed by atoms with Crippen LogP contribution in [0.2, 0.25) is 0 Å². The van der Waals surface area contributed by atoms with Crippen molar-refractivity contribution in [3.8, 4) is 11.5 Å². The third-order valence-electron chi connectivity index (χ3n) is 3.90. The van der Waals surface area contributed by atoms with Crippen LogP contribution < -0.4 is 15.2 Å². The molecule has 1 atom stereocenters. The van der Waals surface area contributed by atoms with E-state index in [2.05, 4.69) is 9.89 Å². The van der Waals surface area contributed by atoms with Crippen molar-refractivity contribution < 1.29 is 14.6 Å². The lowest BCUT2D eigenvalue weighted by Gasteiger charge is -2.27. The maximum absolute atomic E-state index is 10.4. The molecule has 1 aromatic rings. The van der Waals surface area contributed by atoms with Crippen molar-refractivity contribution >= 4 is 29.9 Å². The number of ether oxygens (including phenoxy) is 2. The summed E-state index contributed by atoms with van der Waals surface area (Å²) in [7, 11) is 3.16. The molecule has 130 valence electrons. The van der Waals surface area contributed by atoms with Crippen molar-refractivity contribution in [2.24, 2.45) is 10.7 Å². The summed E-state index contributed by atoms with van der Waals surface area (Å²) in [6.07, 6.45) is 2.74. The SMILES string of the molecule is COc1ccc(OC)c(C(O)CN=C(N)N2CCCCC2)c1.I. The van der Waals surface area contributed by atoms with Gasteiger partial charge in [0.15, 0.2) is 5.96 Å². The fourth-order valence-electron chi connectivity index (χ4n) is 2.60. The Kier molecular flexibility index (Phi) is 8.46. The summed E-state index contributed by atoms with van der Waals surface area (Å²) < 4.78 is 10.5. The van der Waals surface area contributed by atoms with Gasteiger partial charge in [0.2, 0.25) is 0 Å². The van der Waals surface area contributed by atoms with Gasteiger partial charge in [0, 0.05) is 18.7 Å². The van der Waals surface area contributed by atoms with Crippen LogP contribution in [0.3, 0.4) is 0 Å². The number of nitrogens with two attached hydrogens (primary N) is 1. The van der Waals surface area contributed by atoms with Crippen LogP contribution in [-0.4, -0.2) is 49.8 Å². The summed E-state index contributed by atoms with van der Waals surface area (Å²) in [5.74, 6) is 1.78. The van der Waals surface area contributed by atoms with Gasteiger partial charge in [-0.25, -0.2) is 0 Å². The molecule has 0 bridgehead atoms. The lowest BCUT2D eigenvalue weighted by Crippen LogP contribution is -2.41. The van der Waals surface area contributed by atoms with Crippen LogP contribution in [0, 0.1) is 0 Å². The number of aliphatic imine (C=N–C) groups is 1. The van der Waals surface area contributed by atoms with Gasteiger partial charge in [0.05, 0.1) is 20.8 Å². The highest BCUT2D eigenvalue weighted by Gasteiger charge is 2.16. The number of methoxy groups -OCH3 is 2. The number of benzene rings is 1. The van der Waals surface area contributed by atoms with E-state index >= 15 is 0 Å². The molecule has 1 aliphatic heterocycles. The minimum Gasteiger partial charge on any atom is -0.497 e. The molecular weight excluding hydrogens is 409 g/mol. The smallest absolute Gasteiger partial charge is 0.191 e. The maximum Gasteiger partial charge on any atom is 0.191 e. The van der Waals surface area contributed by atoms with Crippen molar-refractivity contribution in [1.82, 2.24) is 4.90 Å². The van der Waals surface area contributed by atoms with Crippen molar-refractivity contribution in [2.75, 3.05) is 33.9 Å². The highest BCUT2D eigenvalue weighted by Crippen LogP contribution is 2.29. The predicted octanol–water partition coefficient (Wildman–Crippen LogP) is 2.16. The third-order valence-corrected chi connectivity index (χ3v) is 3.90. The molecule has 7 heteroatoms. The average Bonchev–Trinajstić information content (AvgIpc) is 2.59. The van der Waals surface area contributed by atoms with Gasteiger partial charge < -0.3 is 25.2 Å². The number of aliphatic hydroxyl groups excluding tert-OH is 1. The molecule has 1 saturated heterocycles. The molecule has 0 spiro atoms. The Hall–Kier alpha value is -1.22. The molecule has 1 aromatic carbocycles. The molecule has 0 amide bonds. The van der Waals surface area contributed by atoms with E-state index in [1.54, 1.807) is 32.4 Å². The van der Waals surface area contributed by atoms with Crippen LogP contribution in [0.4, 0.5) is 0 Å². The van der Waals surface area contributed by atoms with E-state index in [0.717, 1.165) is 25.9 Å². The highest BCUT2D eigenvalue weighted by molar-refractivity contribution is 14.0. The van der Waals surface area contributed by atoms with Gasteiger partial charge in [0.25, 0.3) is 0 Å². The number of aliphatic hydroxyl groups is 1. The molecule has 0 radical (unpaired) electrons. The minimum absolute atomic E-state index is 0. The summed E-state index contributed by atoms with van der Waals surface area (Å²) in [4.78, 5) is 6.40. The van der Waals surface area contributed by atoms with Crippen molar-refractivity contribution in [3.63, 3.8) is 0 Å². The molecule has 0 saturated carbocycles. The van der Waals surface area contributed by atoms with Gasteiger partial charge >= 0.3 is 0 Å². The molecular formula is C16H26IN3O3. The van der Waals surface area contributed by atoms with Gasteiger partial charge in [-0.2, -0.15) is 0 Å². The zero-order valence-corrected chi connectivity index (χ0v) is 16.0. The Balaban J connectivity index is 0.00000264. The Bertz CT molecular complexity index is 519. The third kappa shape index (κ3) is 5.42. The molecule has 0 aliphatic carbocycles. The van der Waals surface area contributed by atoms with E-state index < -0.39 is 6.10 Å². The van der Waals surface area contributed by atoms with Crippen LogP contribution in [0.15, 0.2) is 23.2 Å². The van der Waals surface area contributed by atoms with Crippen LogP contribution in [-0.2, 0) is 0 Å². The topological polar surface area (TPSA) is 80.3 Å². The number of halogens is 1. The van der Waals surface area contributed by atoms with Gasteiger partial charge in [-0.1, -0.05) is 0 Å². The standard InChI is InChI=1S/C16H25N3O3.HI/c1-21-12-6-7-15(22-2)13(10-12)14(20)11-18-16(17)19-8-4-3-5-9-19;/h6-7,10,14,20H,3-5,8-9,11H2,1-2H3,(H2,17,18);1H. The highest BCUT2D eigenvalue weighted by atomic mass is 127. The minimum atomic E-state index is -0.784. The van der Waals surface area contributed by atoms with Gasteiger partial charge in [0.1, 0.15) is 17.6 Å². The molecule has 3 N–H and O–H groups in total.